The largest absolute Gasteiger partial charge is 0.310 e. The molecule has 0 aliphatic carbocycles. The molecule has 1 aliphatic rings. The number of piperidine rings is 1. The summed E-state index contributed by atoms with van der Waals surface area (Å²) >= 11 is 9.43. The predicted octanol–water partition coefficient (Wildman–Crippen LogP) is 3.10. The van der Waals surface area contributed by atoms with E-state index in [1.165, 1.54) is 0 Å². The van der Waals surface area contributed by atoms with Crippen molar-refractivity contribution in [2.75, 3.05) is 11.4 Å². The van der Waals surface area contributed by atoms with E-state index in [0.29, 0.717) is 22.8 Å². The van der Waals surface area contributed by atoms with Crippen molar-refractivity contribution >= 4 is 39.1 Å². The Labute approximate surface area is 113 Å². The van der Waals surface area contributed by atoms with Gasteiger partial charge in [-0.3, -0.25) is 4.79 Å². The Morgan fingerprint density at radius 3 is 3.00 bits per heavy atom. The Morgan fingerprint density at radius 1 is 1.53 bits per heavy atom. The zero-order valence-corrected chi connectivity index (χ0v) is 11.3. The van der Waals surface area contributed by atoms with Gasteiger partial charge < -0.3 is 4.90 Å². The number of nitriles is 1. The quantitative estimate of drug-likeness (QED) is 0.748. The van der Waals surface area contributed by atoms with Gasteiger partial charge in [0.1, 0.15) is 0 Å². The lowest BCUT2D eigenvalue weighted by Gasteiger charge is -2.30. The summed E-state index contributed by atoms with van der Waals surface area (Å²) in [5, 5.41) is 9.36. The molecule has 0 radical (unpaired) electrons. The summed E-state index contributed by atoms with van der Waals surface area (Å²) in [6.45, 7) is 0.648. The zero-order valence-electron chi connectivity index (χ0n) is 8.99. The second kappa shape index (κ2) is 5.07. The van der Waals surface area contributed by atoms with Crippen LogP contribution in [-0.2, 0) is 4.79 Å². The molecule has 1 amide bonds. The highest BCUT2D eigenvalue weighted by molar-refractivity contribution is 9.10. The van der Waals surface area contributed by atoms with Crippen LogP contribution in [-0.4, -0.2) is 17.3 Å². The van der Waals surface area contributed by atoms with Gasteiger partial charge in [0.15, 0.2) is 0 Å². The van der Waals surface area contributed by atoms with E-state index in [-0.39, 0.29) is 10.7 Å². The van der Waals surface area contributed by atoms with Crippen LogP contribution < -0.4 is 4.90 Å². The van der Waals surface area contributed by atoms with E-state index in [0.717, 1.165) is 12.8 Å². The Hall–Kier alpha value is -1.05. The molecule has 0 bridgehead atoms. The van der Waals surface area contributed by atoms with Crippen molar-refractivity contribution in [3.63, 3.8) is 0 Å². The summed E-state index contributed by atoms with van der Waals surface area (Å²) in [5.74, 6) is 0.00763. The van der Waals surface area contributed by atoms with Crippen LogP contribution in [0, 0.1) is 11.3 Å². The number of rotatable bonds is 1. The van der Waals surface area contributed by atoms with Crippen molar-refractivity contribution in [2.24, 2.45) is 0 Å². The minimum absolute atomic E-state index is 0.00763. The molecule has 17 heavy (non-hydrogen) atoms. The van der Waals surface area contributed by atoms with Crippen LogP contribution in [0.5, 0.6) is 0 Å². The van der Waals surface area contributed by atoms with Gasteiger partial charge in [-0.2, -0.15) is 5.26 Å². The molecule has 0 spiro atoms. The zero-order chi connectivity index (χ0) is 12.4. The van der Waals surface area contributed by atoms with Gasteiger partial charge in [0.05, 0.1) is 27.2 Å². The number of alkyl halides is 1. The third-order valence-corrected chi connectivity index (χ3v) is 3.91. The van der Waals surface area contributed by atoms with Gasteiger partial charge in [-0.15, -0.1) is 0 Å². The number of anilines is 1. The number of amides is 1. The first-order chi connectivity index (χ1) is 8.13. The Bertz CT molecular complexity index is 498. The van der Waals surface area contributed by atoms with Crippen molar-refractivity contribution in [2.45, 2.75) is 17.7 Å². The van der Waals surface area contributed by atoms with Crippen LogP contribution in [0.25, 0.3) is 0 Å². The second-order valence-electron chi connectivity index (χ2n) is 3.88. The number of halogens is 2. The smallest absolute Gasteiger partial charge is 0.240 e. The van der Waals surface area contributed by atoms with Gasteiger partial charge in [-0.05, 0) is 31.0 Å². The van der Waals surface area contributed by atoms with Crippen LogP contribution in [0.4, 0.5) is 5.69 Å². The molecule has 0 N–H and O–H groups in total. The minimum atomic E-state index is -0.155. The van der Waals surface area contributed by atoms with Gasteiger partial charge in [0.2, 0.25) is 5.91 Å². The average Bonchev–Trinajstić information content (AvgIpc) is 2.34. The normalized spacial score (nSPS) is 20.2. The lowest BCUT2D eigenvalue weighted by molar-refractivity contribution is -0.118. The maximum Gasteiger partial charge on any atom is 0.240 e. The molecule has 3 nitrogen and oxygen atoms in total. The standard InChI is InChI=1S/C12H10BrClN2O/c13-9-2-1-5-16(12(9)17)11-6-8(7-15)3-4-10(11)14/h3-4,6,9H,1-2,5H2. The van der Waals surface area contributed by atoms with Crippen molar-refractivity contribution < 1.29 is 4.79 Å². The molecule has 1 heterocycles. The fourth-order valence-electron chi connectivity index (χ4n) is 1.86. The molecule has 1 fully saturated rings. The molecular weight excluding hydrogens is 304 g/mol. The summed E-state index contributed by atoms with van der Waals surface area (Å²) in [5.41, 5.74) is 1.13. The van der Waals surface area contributed by atoms with Gasteiger partial charge in [0, 0.05) is 6.54 Å². The fraction of sp³-hybridized carbons (Fsp3) is 0.333. The van der Waals surface area contributed by atoms with Crippen molar-refractivity contribution in [1.29, 1.82) is 5.26 Å². The predicted molar refractivity (Wildman–Crippen MR) is 70.5 cm³/mol. The SMILES string of the molecule is N#Cc1ccc(Cl)c(N2CCCC(Br)C2=O)c1. The van der Waals surface area contributed by atoms with E-state index in [9.17, 15) is 4.79 Å². The monoisotopic (exact) mass is 312 g/mol. The third-order valence-electron chi connectivity index (χ3n) is 2.74. The topological polar surface area (TPSA) is 44.1 Å². The molecule has 5 heteroatoms. The van der Waals surface area contributed by atoms with E-state index in [4.69, 9.17) is 16.9 Å². The van der Waals surface area contributed by atoms with E-state index in [1.54, 1.807) is 23.1 Å². The average molecular weight is 314 g/mol. The van der Waals surface area contributed by atoms with Crippen LogP contribution >= 0.6 is 27.5 Å². The third kappa shape index (κ3) is 2.46. The molecule has 2 rings (SSSR count). The lowest BCUT2D eigenvalue weighted by atomic mass is 10.1. The fourth-order valence-corrected chi connectivity index (χ4v) is 2.65. The first-order valence-corrected chi connectivity index (χ1v) is 6.58. The molecule has 0 saturated carbocycles. The molecule has 1 atom stereocenters. The van der Waals surface area contributed by atoms with Crippen molar-refractivity contribution in [3.8, 4) is 6.07 Å². The van der Waals surface area contributed by atoms with Crippen molar-refractivity contribution in [3.05, 3.63) is 28.8 Å². The maximum absolute atomic E-state index is 12.0. The van der Waals surface area contributed by atoms with Crippen LogP contribution in [0.1, 0.15) is 18.4 Å². The molecule has 88 valence electrons. The first kappa shape index (κ1) is 12.4. The number of hydrogen-bond donors (Lipinski definition) is 0. The van der Waals surface area contributed by atoms with Crippen LogP contribution in [0.3, 0.4) is 0 Å². The highest BCUT2D eigenvalue weighted by atomic mass is 79.9. The molecule has 0 aromatic heterocycles. The second-order valence-corrected chi connectivity index (χ2v) is 5.39. The molecule has 1 saturated heterocycles. The molecule has 1 aromatic carbocycles. The Balaban J connectivity index is 2.39. The number of carbonyl (C=O) groups excluding carboxylic acids is 1. The van der Waals surface area contributed by atoms with E-state index < -0.39 is 0 Å². The number of nitrogens with zero attached hydrogens (tertiary/aromatic N) is 2. The van der Waals surface area contributed by atoms with Gasteiger partial charge in [-0.1, -0.05) is 27.5 Å². The number of hydrogen-bond acceptors (Lipinski definition) is 2. The molecular formula is C12H10BrClN2O. The summed E-state index contributed by atoms with van der Waals surface area (Å²) in [6.07, 6.45) is 1.76. The van der Waals surface area contributed by atoms with Crippen molar-refractivity contribution in [1.82, 2.24) is 0 Å². The molecule has 1 unspecified atom stereocenters. The summed E-state index contributed by atoms with van der Waals surface area (Å²) in [6, 6.07) is 7.01. The maximum atomic E-state index is 12.0. The highest BCUT2D eigenvalue weighted by Gasteiger charge is 2.28. The Kier molecular flexibility index (Phi) is 3.70. The summed E-state index contributed by atoms with van der Waals surface area (Å²) in [4.78, 5) is 13.5. The van der Waals surface area contributed by atoms with Crippen LogP contribution in [0.2, 0.25) is 5.02 Å². The number of benzene rings is 1. The minimum Gasteiger partial charge on any atom is -0.310 e. The Morgan fingerprint density at radius 2 is 2.29 bits per heavy atom. The van der Waals surface area contributed by atoms with Gasteiger partial charge in [-0.25, -0.2) is 0 Å². The first-order valence-electron chi connectivity index (χ1n) is 5.28. The highest BCUT2D eigenvalue weighted by Crippen LogP contribution is 2.31. The lowest BCUT2D eigenvalue weighted by Crippen LogP contribution is -2.42. The van der Waals surface area contributed by atoms with E-state index >= 15 is 0 Å². The number of carbonyl (C=O) groups is 1. The van der Waals surface area contributed by atoms with E-state index in [2.05, 4.69) is 22.0 Å². The molecule has 1 aromatic rings. The van der Waals surface area contributed by atoms with Gasteiger partial charge in [0.25, 0.3) is 0 Å². The summed E-state index contributed by atoms with van der Waals surface area (Å²) < 4.78 is 0. The summed E-state index contributed by atoms with van der Waals surface area (Å²) in [7, 11) is 0. The van der Waals surface area contributed by atoms with Gasteiger partial charge >= 0.3 is 0 Å². The van der Waals surface area contributed by atoms with Crippen LogP contribution in [0.15, 0.2) is 18.2 Å². The van der Waals surface area contributed by atoms with E-state index in [1.807, 2.05) is 0 Å². The molecule has 1 aliphatic heterocycles.